The Bertz CT molecular complexity index is 1680. The van der Waals surface area contributed by atoms with Crippen molar-refractivity contribution in [1.82, 2.24) is 19.4 Å². The zero-order chi connectivity index (χ0) is 28.8. The number of fused-ring (bicyclic) bond motifs is 1. The number of halogens is 4. The summed E-state index contributed by atoms with van der Waals surface area (Å²) in [6.45, 7) is 5.32. The molecule has 4 heterocycles. The number of thiophene rings is 1. The van der Waals surface area contributed by atoms with E-state index in [0.29, 0.717) is 32.3 Å². The Labute approximate surface area is 237 Å². The second kappa shape index (κ2) is 10.7. The van der Waals surface area contributed by atoms with Crippen LogP contribution in [0, 0.1) is 6.92 Å². The average Bonchev–Trinajstić information content (AvgIpc) is 3.28. The number of aryl methyl sites for hydroxylation is 1. The molecule has 12 heteroatoms. The smallest absolute Gasteiger partial charge is 0.406 e. The molecule has 7 nitrogen and oxygen atoms in total. The molecule has 0 unspecified atom stereocenters. The van der Waals surface area contributed by atoms with E-state index in [1.807, 2.05) is 25.1 Å². The first-order chi connectivity index (χ1) is 18.8. The van der Waals surface area contributed by atoms with E-state index in [-0.39, 0.29) is 18.2 Å². The Morgan fingerprint density at radius 3 is 2.67 bits per heavy atom. The summed E-state index contributed by atoms with van der Waals surface area (Å²) in [4.78, 5) is 30.2. The van der Waals surface area contributed by atoms with Gasteiger partial charge in [0, 0.05) is 51.6 Å². The number of ether oxygens (including phenoxy) is 1. The molecule has 1 aliphatic heterocycles. The summed E-state index contributed by atoms with van der Waals surface area (Å²) in [5, 5.41) is 4.07. The van der Waals surface area contributed by atoms with Crippen molar-refractivity contribution in [2.24, 2.45) is 0 Å². The molecular weight excluding hydrogens is 565 g/mol. The van der Waals surface area contributed by atoms with Crippen molar-refractivity contribution >= 4 is 33.2 Å². The van der Waals surface area contributed by atoms with Crippen molar-refractivity contribution in [3.63, 3.8) is 0 Å². The van der Waals surface area contributed by atoms with E-state index >= 15 is 0 Å². The van der Waals surface area contributed by atoms with Gasteiger partial charge in [-0.15, -0.1) is 11.3 Å². The Balaban J connectivity index is 1.52. The maximum atomic E-state index is 12.9. The fourth-order valence-corrected chi connectivity index (χ4v) is 6.31. The maximum Gasteiger partial charge on any atom is 0.406 e. The van der Waals surface area contributed by atoms with Gasteiger partial charge in [-0.2, -0.15) is 13.2 Å². The molecule has 0 radical (unpaired) electrons. The number of hydrogen-bond acceptors (Lipinski definition) is 6. The topological polar surface area (TPSA) is 78.2 Å². The van der Waals surface area contributed by atoms with E-state index < -0.39 is 24.0 Å². The molecule has 0 spiro atoms. The van der Waals surface area contributed by atoms with Gasteiger partial charge in [-0.1, -0.05) is 11.6 Å². The fourth-order valence-electron chi connectivity index (χ4n) is 4.91. The van der Waals surface area contributed by atoms with Gasteiger partial charge in [-0.25, -0.2) is 4.79 Å². The minimum atomic E-state index is -4.60. The molecule has 212 valence electrons. The van der Waals surface area contributed by atoms with E-state index in [0.717, 1.165) is 51.1 Å². The molecule has 1 aliphatic rings. The molecule has 0 amide bonds. The van der Waals surface area contributed by atoms with Crippen LogP contribution in [0.5, 0.6) is 5.75 Å². The average molecular weight is 593 g/mol. The molecule has 40 heavy (non-hydrogen) atoms. The van der Waals surface area contributed by atoms with Crippen molar-refractivity contribution in [3.8, 4) is 16.9 Å². The third-order valence-corrected chi connectivity index (χ3v) is 8.34. The standard InChI is InChI=1S/C28H28ClF3N4O3S/c1-16-10-17(29)11-21(24(16)39-18-4-7-27(2,3)34-13-18)20-5-8-33-22-12-19(40-25(20)22)14-36-23(37)6-9-35(26(36)38)15-28(30,31)32/h5-6,8-12,18,34H,4,7,13-15H2,1-3H3/t18-/m0/s1. The van der Waals surface area contributed by atoms with Gasteiger partial charge < -0.3 is 10.1 Å². The van der Waals surface area contributed by atoms with Crippen LogP contribution in [0.1, 0.15) is 37.1 Å². The first-order valence-corrected chi connectivity index (χ1v) is 14.0. The fraction of sp³-hybridized carbons (Fsp3) is 0.393. The van der Waals surface area contributed by atoms with Crippen molar-refractivity contribution < 1.29 is 17.9 Å². The minimum absolute atomic E-state index is 0.0216. The highest BCUT2D eigenvalue weighted by molar-refractivity contribution is 7.19. The molecule has 5 rings (SSSR count). The summed E-state index contributed by atoms with van der Waals surface area (Å²) >= 11 is 7.79. The number of benzene rings is 1. The summed E-state index contributed by atoms with van der Waals surface area (Å²) < 4.78 is 47.4. The lowest BCUT2D eigenvalue weighted by molar-refractivity contribution is -0.141. The van der Waals surface area contributed by atoms with Crippen LogP contribution in [0.3, 0.4) is 0 Å². The van der Waals surface area contributed by atoms with Gasteiger partial charge in [0.05, 0.1) is 16.8 Å². The van der Waals surface area contributed by atoms with Crippen LogP contribution in [-0.2, 0) is 13.1 Å². The Morgan fingerprint density at radius 1 is 1.20 bits per heavy atom. The summed E-state index contributed by atoms with van der Waals surface area (Å²) in [5.74, 6) is 0.715. The zero-order valence-electron chi connectivity index (χ0n) is 22.1. The van der Waals surface area contributed by atoms with Gasteiger partial charge in [0.1, 0.15) is 18.4 Å². The lowest BCUT2D eigenvalue weighted by Gasteiger charge is -2.36. The Hall–Kier alpha value is -3.15. The highest BCUT2D eigenvalue weighted by Crippen LogP contribution is 2.42. The van der Waals surface area contributed by atoms with Crippen molar-refractivity contribution in [1.29, 1.82) is 0 Å². The number of nitrogens with zero attached hydrogens (tertiary/aromatic N) is 3. The number of nitrogens with one attached hydrogen (secondary N) is 1. The number of piperidine rings is 1. The summed E-state index contributed by atoms with van der Waals surface area (Å²) in [5.41, 5.74) is 1.47. The Morgan fingerprint density at radius 2 is 1.98 bits per heavy atom. The molecular formula is C28H28ClF3N4O3S. The van der Waals surface area contributed by atoms with Crippen LogP contribution in [0.25, 0.3) is 21.3 Å². The Kier molecular flexibility index (Phi) is 7.58. The van der Waals surface area contributed by atoms with Gasteiger partial charge in [-0.05, 0) is 63.4 Å². The zero-order valence-corrected chi connectivity index (χ0v) is 23.7. The molecule has 0 aliphatic carbocycles. The molecule has 0 saturated carbocycles. The van der Waals surface area contributed by atoms with E-state index in [2.05, 4.69) is 24.1 Å². The summed E-state index contributed by atoms with van der Waals surface area (Å²) in [6.07, 6.45) is -0.229. The minimum Gasteiger partial charge on any atom is -0.488 e. The number of rotatable bonds is 6. The van der Waals surface area contributed by atoms with Gasteiger partial charge >= 0.3 is 11.9 Å². The first-order valence-electron chi connectivity index (χ1n) is 12.8. The van der Waals surface area contributed by atoms with Gasteiger partial charge in [0.2, 0.25) is 0 Å². The normalized spacial score (nSPS) is 17.3. The summed E-state index contributed by atoms with van der Waals surface area (Å²) in [7, 11) is 0. The second-order valence-corrected chi connectivity index (χ2v) is 12.3. The van der Waals surface area contributed by atoms with E-state index in [9.17, 15) is 22.8 Å². The van der Waals surface area contributed by atoms with Gasteiger partial charge in [0.15, 0.2) is 0 Å². The highest BCUT2D eigenvalue weighted by Gasteiger charge is 2.30. The van der Waals surface area contributed by atoms with Crippen LogP contribution in [-0.4, -0.2) is 38.5 Å². The molecule has 1 saturated heterocycles. The molecule has 1 atom stereocenters. The largest absolute Gasteiger partial charge is 0.488 e. The van der Waals surface area contributed by atoms with Crippen LogP contribution in [0.4, 0.5) is 13.2 Å². The predicted molar refractivity (Wildman–Crippen MR) is 151 cm³/mol. The van der Waals surface area contributed by atoms with E-state index in [1.165, 1.54) is 11.3 Å². The molecule has 4 aromatic rings. The first kappa shape index (κ1) is 28.4. The molecule has 1 fully saturated rings. The van der Waals surface area contributed by atoms with E-state index in [1.54, 1.807) is 12.3 Å². The second-order valence-electron chi connectivity index (χ2n) is 10.7. The van der Waals surface area contributed by atoms with Crippen molar-refractivity contribution in [2.75, 3.05) is 6.54 Å². The highest BCUT2D eigenvalue weighted by atomic mass is 35.5. The van der Waals surface area contributed by atoms with Crippen LogP contribution >= 0.6 is 22.9 Å². The monoisotopic (exact) mass is 592 g/mol. The van der Waals surface area contributed by atoms with Crippen LogP contribution in [0.15, 0.2) is 52.3 Å². The third-order valence-electron chi connectivity index (χ3n) is 6.98. The number of hydrogen-bond donors (Lipinski definition) is 1. The van der Waals surface area contributed by atoms with E-state index in [4.69, 9.17) is 16.3 Å². The lowest BCUT2D eigenvalue weighted by atomic mass is 9.92. The number of pyridine rings is 1. The molecule has 3 aromatic heterocycles. The quantitative estimate of drug-likeness (QED) is 0.308. The van der Waals surface area contributed by atoms with Crippen LogP contribution in [0.2, 0.25) is 5.02 Å². The number of aromatic nitrogens is 3. The predicted octanol–water partition coefficient (Wildman–Crippen LogP) is 5.77. The van der Waals surface area contributed by atoms with Crippen LogP contribution < -0.4 is 21.3 Å². The van der Waals surface area contributed by atoms with Gasteiger partial charge in [-0.3, -0.25) is 18.9 Å². The molecule has 1 N–H and O–H groups in total. The third kappa shape index (κ3) is 6.11. The van der Waals surface area contributed by atoms with Gasteiger partial charge in [0.25, 0.3) is 5.56 Å². The van der Waals surface area contributed by atoms with Crippen molar-refractivity contribution in [3.05, 3.63) is 79.0 Å². The lowest BCUT2D eigenvalue weighted by Crippen LogP contribution is -2.50. The molecule has 0 bridgehead atoms. The summed E-state index contributed by atoms with van der Waals surface area (Å²) in [6, 6.07) is 8.25. The van der Waals surface area contributed by atoms with Crippen molar-refractivity contribution in [2.45, 2.75) is 64.5 Å². The number of alkyl halides is 3. The SMILES string of the molecule is Cc1cc(Cl)cc(-c2ccnc3cc(Cn4c(=O)ccn(CC(F)(F)F)c4=O)sc23)c1O[C@H]1CCC(C)(C)NC1. The molecule has 1 aromatic carbocycles. The maximum absolute atomic E-state index is 12.9.